The number of nitrogens with zero attached hydrogens (tertiary/aromatic N) is 1. The first-order valence-corrected chi connectivity index (χ1v) is 8.51. The molecule has 0 saturated carbocycles. The van der Waals surface area contributed by atoms with Gasteiger partial charge in [-0.1, -0.05) is 0 Å². The Morgan fingerprint density at radius 2 is 1.62 bits per heavy atom. The number of benzene rings is 2. The van der Waals surface area contributed by atoms with Crippen molar-refractivity contribution in [2.75, 3.05) is 26.6 Å². The lowest BCUT2D eigenvalue weighted by Gasteiger charge is -2.11. The van der Waals surface area contributed by atoms with Gasteiger partial charge in [0.15, 0.2) is 11.5 Å². The Bertz CT molecular complexity index is 1150. The minimum Gasteiger partial charge on any atom is -0.497 e. The van der Waals surface area contributed by atoms with E-state index in [4.69, 9.17) is 14.2 Å². The number of amides is 1. The van der Waals surface area contributed by atoms with Crippen molar-refractivity contribution in [1.82, 2.24) is 9.55 Å². The van der Waals surface area contributed by atoms with Crippen molar-refractivity contribution in [1.29, 1.82) is 0 Å². The SMILES string of the molecule is COc1ccc(-n2c(=O)[nH]cc(C(=O)Nc3ccc(OC)c(OC)c3)c2=O)cc1. The van der Waals surface area contributed by atoms with Gasteiger partial charge in [-0.15, -0.1) is 0 Å². The van der Waals surface area contributed by atoms with E-state index >= 15 is 0 Å². The number of ether oxygens (including phenoxy) is 3. The van der Waals surface area contributed by atoms with Gasteiger partial charge >= 0.3 is 5.69 Å². The predicted octanol–water partition coefficient (Wildman–Crippen LogP) is 1.80. The molecule has 9 heteroatoms. The van der Waals surface area contributed by atoms with Crippen LogP contribution in [0.2, 0.25) is 0 Å². The molecule has 0 bridgehead atoms. The minimum atomic E-state index is -0.753. The summed E-state index contributed by atoms with van der Waals surface area (Å²) in [6.07, 6.45) is 1.08. The van der Waals surface area contributed by atoms with E-state index in [-0.39, 0.29) is 5.56 Å². The van der Waals surface area contributed by atoms with E-state index in [1.807, 2.05) is 0 Å². The van der Waals surface area contributed by atoms with Gasteiger partial charge in [-0.05, 0) is 36.4 Å². The second-order valence-electron chi connectivity index (χ2n) is 5.87. The van der Waals surface area contributed by atoms with Crippen LogP contribution in [0.15, 0.2) is 58.3 Å². The number of H-pyrrole nitrogens is 1. The Morgan fingerprint density at radius 3 is 2.24 bits per heavy atom. The highest BCUT2D eigenvalue weighted by Crippen LogP contribution is 2.29. The zero-order valence-electron chi connectivity index (χ0n) is 16.0. The van der Waals surface area contributed by atoms with Gasteiger partial charge in [0, 0.05) is 18.0 Å². The van der Waals surface area contributed by atoms with E-state index in [1.165, 1.54) is 21.3 Å². The molecule has 150 valence electrons. The molecule has 1 heterocycles. The fraction of sp³-hybridized carbons (Fsp3) is 0.150. The van der Waals surface area contributed by atoms with Gasteiger partial charge in [-0.25, -0.2) is 9.36 Å². The summed E-state index contributed by atoms with van der Waals surface area (Å²) >= 11 is 0. The van der Waals surface area contributed by atoms with Gasteiger partial charge in [0.25, 0.3) is 11.5 Å². The number of methoxy groups -OCH3 is 3. The highest BCUT2D eigenvalue weighted by molar-refractivity contribution is 6.04. The maximum absolute atomic E-state index is 12.8. The molecule has 1 aromatic heterocycles. The summed E-state index contributed by atoms with van der Waals surface area (Å²) in [7, 11) is 4.48. The summed E-state index contributed by atoms with van der Waals surface area (Å²) in [6.45, 7) is 0. The van der Waals surface area contributed by atoms with Crippen molar-refractivity contribution < 1.29 is 19.0 Å². The van der Waals surface area contributed by atoms with Crippen molar-refractivity contribution in [3.05, 3.63) is 75.1 Å². The number of rotatable bonds is 6. The maximum atomic E-state index is 12.8. The van der Waals surface area contributed by atoms with E-state index in [9.17, 15) is 14.4 Å². The third-order valence-corrected chi connectivity index (χ3v) is 4.19. The number of carbonyl (C=O) groups is 1. The molecule has 9 nitrogen and oxygen atoms in total. The summed E-state index contributed by atoms with van der Waals surface area (Å²) in [5.41, 5.74) is -0.943. The Morgan fingerprint density at radius 1 is 0.931 bits per heavy atom. The van der Waals surface area contributed by atoms with Crippen LogP contribution < -0.4 is 30.8 Å². The number of hydrogen-bond donors (Lipinski definition) is 2. The monoisotopic (exact) mass is 397 g/mol. The molecular formula is C20H19N3O6. The topological polar surface area (TPSA) is 112 Å². The average Bonchev–Trinajstić information content (AvgIpc) is 2.74. The van der Waals surface area contributed by atoms with Crippen LogP contribution in [0.4, 0.5) is 5.69 Å². The normalized spacial score (nSPS) is 10.3. The molecule has 29 heavy (non-hydrogen) atoms. The van der Waals surface area contributed by atoms with Crippen molar-refractivity contribution in [2.45, 2.75) is 0 Å². The van der Waals surface area contributed by atoms with Crippen LogP contribution in [0.5, 0.6) is 17.2 Å². The minimum absolute atomic E-state index is 0.227. The predicted molar refractivity (Wildman–Crippen MR) is 107 cm³/mol. The summed E-state index contributed by atoms with van der Waals surface area (Å²) in [4.78, 5) is 40.1. The van der Waals surface area contributed by atoms with Crippen LogP contribution in [-0.2, 0) is 0 Å². The molecule has 0 unspecified atom stereocenters. The molecule has 2 N–H and O–H groups in total. The second kappa shape index (κ2) is 8.34. The van der Waals surface area contributed by atoms with Gasteiger partial charge in [0.1, 0.15) is 11.3 Å². The molecule has 0 saturated heterocycles. The summed E-state index contributed by atoms with van der Waals surface area (Å²) in [5.74, 6) is 0.806. The zero-order chi connectivity index (χ0) is 21.0. The molecule has 0 aliphatic heterocycles. The van der Waals surface area contributed by atoms with Crippen LogP contribution in [0.25, 0.3) is 5.69 Å². The molecule has 2 aromatic carbocycles. The fourth-order valence-electron chi connectivity index (χ4n) is 2.71. The number of hydrogen-bond acceptors (Lipinski definition) is 6. The highest BCUT2D eigenvalue weighted by Gasteiger charge is 2.17. The summed E-state index contributed by atoms with van der Waals surface area (Å²) in [5, 5.41) is 2.61. The first kappa shape index (κ1) is 19.7. The van der Waals surface area contributed by atoms with E-state index in [2.05, 4.69) is 10.3 Å². The number of aromatic amines is 1. The van der Waals surface area contributed by atoms with Crippen LogP contribution in [0, 0.1) is 0 Å². The Kier molecular flexibility index (Phi) is 5.68. The van der Waals surface area contributed by atoms with Crippen LogP contribution in [0.3, 0.4) is 0 Å². The van der Waals surface area contributed by atoms with Gasteiger partial charge in [0.05, 0.1) is 27.0 Å². The number of carbonyl (C=O) groups excluding carboxylic acids is 1. The van der Waals surface area contributed by atoms with E-state index in [1.54, 1.807) is 42.5 Å². The lowest BCUT2D eigenvalue weighted by Crippen LogP contribution is -2.38. The first-order chi connectivity index (χ1) is 14.0. The summed E-state index contributed by atoms with van der Waals surface area (Å²) < 4.78 is 16.3. The molecule has 0 spiro atoms. The van der Waals surface area contributed by atoms with Crippen molar-refractivity contribution >= 4 is 11.6 Å². The molecule has 3 rings (SSSR count). The fourth-order valence-corrected chi connectivity index (χ4v) is 2.71. The van der Waals surface area contributed by atoms with Crippen molar-refractivity contribution in [3.63, 3.8) is 0 Å². The van der Waals surface area contributed by atoms with Gasteiger partial charge < -0.3 is 24.5 Å². The third-order valence-electron chi connectivity index (χ3n) is 4.19. The first-order valence-electron chi connectivity index (χ1n) is 8.51. The number of aromatic nitrogens is 2. The molecule has 0 aliphatic carbocycles. The number of nitrogens with one attached hydrogen (secondary N) is 2. The average molecular weight is 397 g/mol. The van der Waals surface area contributed by atoms with Gasteiger partial charge in [-0.3, -0.25) is 9.59 Å². The Balaban J connectivity index is 1.96. The van der Waals surface area contributed by atoms with Gasteiger partial charge in [0.2, 0.25) is 0 Å². The lowest BCUT2D eigenvalue weighted by atomic mass is 10.2. The van der Waals surface area contributed by atoms with Crippen LogP contribution in [0.1, 0.15) is 10.4 Å². The Labute approximate surface area is 165 Å². The van der Waals surface area contributed by atoms with E-state index in [0.717, 1.165) is 10.8 Å². The molecule has 0 fully saturated rings. The molecule has 1 amide bonds. The third kappa shape index (κ3) is 3.98. The van der Waals surface area contributed by atoms with E-state index in [0.29, 0.717) is 28.6 Å². The van der Waals surface area contributed by atoms with Crippen molar-refractivity contribution in [3.8, 4) is 22.9 Å². The smallest absolute Gasteiger partial charge is 0.333 e. The van der Waals surface area contributed by atoms with Crippen molar-refractivity contribution in [2.24, 2.45) is 0 Å². The summed E-state index contributed by atoms with van der Waals surface area (Å²) in [6, 6.07) is 11.1. The second-order valence-corrected chi connectivity index (χ2v) is 5.87. The molecule has 3 aromatic rings. The molecule has 0 aliphatic rings. The van der Waals surface area contributed by atoms with Gasteiger partial charge in [-0.2, -0.15) is 0 Å². The lowest BCUT2D eigenvalue weighted by molar-refractivity contribution is 0.102. The van der Waals surface area contributed by atoms with Crippen LogP contribution in [-0.4, -0.2) is 36.8 Å². The maximum Gasteiger partial charge on any atom is 0.333 e. The zero-order valence-corrected chi connectivity index (χ0v) is 16.0. The highest BCUT2D eigenvalue weighted by atomic mass is 16.5. The van der Waals surface area contributed by atoms with Crippen LogP contribution >= 0.6 is 0 Å². The molecule has 0 atom stereocenters. The van der Waals surface area contributed by atoms with E-state index < -0.39 is 17.2 Å². The molecule has 0 radical (unpaired) electrons. The Hall–Kier alpha value is -4.01. The number of anilines is 1. The largest absolute Gasteiger partial charge is 0.497 e. The molecular weight excluding hydrogens is 378 g/mol. The standard InChI is InChI=1S/C20H19N3O6/c1-27-14-7-5-13(6-8-14)23-19(25)15(11-21-20(23)26)18(24)22-12-4-9-16(28-2)17(10-12)29-3/h4-11H,1-3H3,(H,21,26)(H,22,24). The quantitative estimate of drug-likeness (QED) is 0.656.